The molecule has 610 valence electrons. The number of nitrogens with two attached hydrogens (primary N) is 1. The number of aliphatic hydroxyl groups is 6. The van der Waals surface area contributed by atoms with Crippen LogP contribution in [0.2, 0.25) is 15.1 Å². The number of aliphatic carboxylic acids is 1. The molecule has 20 N–H and O–H groups in total. The molecule has 7 amide bonds. The van der Waals surface area contributed by atoms with Crippen LogP contribution in [0.5, 0.6) is 46.0 Å². The summed E-state index contributed by atoms with van der Waals surface area (Å²) in [4.78, 5) is 120. The van der Waals surface area contributed by atoms with Crippen molar-refractivity contribution in [1.29, 1.82) is 0 Å². The first-order chi connectivity index (χ1) is 54.6. The monoisotopic (exact) mass is 1650 g/mol. The number of rotatable bonds is 17. The molecule has 11 bridgehead atoms. The highest BCUT2D eigenvalue weighted by Crippen LogP contribution is 2.50. The Morgan fingerprint density at radius 1 is 0.661 bits per heavy atom. The Hall–Kier alpha value is -10.5. The third-order valence-corrected chi connectivity index (χ3v) is 21.4. The molecule has 7 heterocycles. The maximum Gasteiger partial charge on any atom is 0.330 e. The van der Waals surface area contributed by atoms with Gasteiger partial charge in [-0.2, -0.15) is 0 Å². The minimum absolute atomic E-state index is 0.103. The maximum atomic E-state index is 16.3. The Kier molecular flexibility index (Phi) is 25.5. The van der Waals surface area contributed by atoms with Crippen molar-refractivity contribution in [2.24, 2.45) is 11.7 Å². The Morgan fingerprint density at radius 2 is 1.27 bits per heavy atom. The molecule has 2 fully saturated rings. The number of likely N-dealkylation sites (N-methyl/N-ethyl adjacent to an activating group) is 1. The molecular formula is C79H84Cl3N9O24. The van der Waals surface area contributed by atoms with Crippen LogP contribution in [-0.4, -0.2) is 191 Å². The average Bonchev–Trinajstić information content (AvgIpc) is 0.763. The van der Waals surface area contributed by atoms with Gasteiger partial charge in [0.05, 0.1) is 41.3 Å². The number of ether oxygens (including phenoxy) is 6. The van der Waals surface area contributed by atoms with Crippen LogP contribution in [0.4, 0.5) is 0 Å². The van der Waals surface area contributed by atoms with Crippen LogP contribution in [0, 0.1) is 5.92 Å². The number of hydrogen-bond donors (Lipinski definition) is 19. The summed E-state index contributed by atoms with van der Waals surface area (Å²) in [5.41, 5.74) is 4.28. The molecule has 2 saturated heterocycles. The molecule has 0 aromatic heterocycles. The average molecular weight is 1650 g/mol. The second-order valence-corrected chi connectivity index (χ2v) is 30.4. The smallest absolute Gasteiger partial charge is 0.330 e. The summed E-state index contributed by atoms with van der Waals surface area (Å²) in [6.45, 7) is 6.04. The minimum Gasteiger partial charge on any atom is -0.508 e. The van der Waals surface area contributed by atoms with Crippen molar-refractivity contribution in [3.8, 4) is 68.2 Å². The van der Waals surface area contributed by atoms with Gasteiger partial charge in [0.15, 0.2) is 23.8 Å². The number of halogens is 3. The van der Waals surface area contributed by atoms with E-state index in [9.17, 15) is 70.2 Å². The Morgan fingerprint density at radius 3 is 1.89 bits per heavy atom. The number of hydrogen-bond acceptors (Lipinski definition) is 25. The van der Waals surface area contributed by atoms with Gasteiger partial charge >= 0.3 is 5.97 Å². The SMILES string of the molecule is CN[C@H](CC(C)C)C(=O)N[C@H]1C(=O)N[C@@H](CC(N)=O)C(=O)N[C@H]2C(=O)NC3C(=O)NC(C(=O)N[C@@H](C(=O)O)c4cc(O)cc(O)c4-c4cc3ccc4O)[C@H](O[C@H]3C[C@](C)(NCc4ccc(-c5ccc(Cl)cc5)cc4)[C@@H](O)[C@H](C)O3)c3ccc(c(Cl)c3)Oc3cc2cc(c3O[C@@H]2O[C@H](CO)[C@@H](O)[C@H](O)[C@H]2O)Oc2ccc(cc2Cl)[C@H]1O. The summed E-state index contributed by atoms with van der Waals surface area (Å²) in [7, 11) is 1.48. The van der Waals surface area contributed by atoms with Gasteiger partial charge in [-0.15, -0.1) is 0 Å². The third kappa shape index (κ3) is 18.3. The zero-order chi connectivity index (χ0) is 82.9. The number of amides is 7. The van der Waals surface area contributed by atoms with Crippen LogP contribution in [0.3, 0.4) is 0 Å². The number of nitrogens with one attached hydrogen (secondary N) is 8. The summed E-state index contributed by atoms with van der Waals surface area (Å²) in [6.07, 6.45) is -19.0. The predicted molar refractivity (Wildman–Crippen MR) is 409 cm³/mol. The van der Waals surface area contributed by atoms with Crippen molar-refractivity contribution in [2.45, 2.75) is 163 Å². The fourth-order valence-electron chi connectivity index (χ4n) is 14.4. The van der Waals surface area contributed by atoms with Gasteiger partial charge in [0, 0.05) is 46.3 Å². The highest BCUT2D eigenvalue weighted by atomic mass is 35.5. The number of aliphatic hydroxyl groups excluding tert-OH is 6. The van der Waals surface area contributed by atoms with Crippen LogP contribution < -0.4 is 62.5 Å². The number of phenols is 3. The molecule has 36 heteroatoms. The van der Waals surface area contributed by atoms with Crippen molar-refractivity contribution in [1.82, 2.24) is 42.5 Å². The zero-order valence-electron chi connectivity index (χ0n) is 62.0. The van der Waals surface area contributed by atoms with E-state index in [0.717, 1.165) is 65.2 Å². The summed E-state index contributed by atoms with van der Waals surface area (Å²) < 4.78 is 38.9. The lowest BCUT2D eigenvalue weighted by atomic mass is 9.84. The topological polar surface area (TPSA) is 517 Å². The van der Waals surface area contributed by atoms with Gasteiger partial charge in [0.1, 0.15) is 95.6 Å². The van der Waals surface area contributed by atoms with Gasteiger partial charge < -0.3 is 128 Å². The van der Waals surface area contributed by atoms with Crippen LogP contribution in [0.25, 0.3) is 22.3 Å². The lowest BCUT2D eigenvalue weighted by molar-refractivity contribution is -0.277. The molecule has 7 aromatic rings. The van der Waals surface area contributed by atoms with E-state index in [4.69, 9.17) is 69.0 Å². The minimum atomic E-state index is -2.36. The van der Waals surface area contributed by atoms with Crippen molar-refractivity contribution >= 4 is 82.1 Å². The zero-order valence-corrected chi connectivity index (χ0v) is 64.2. The van der Waals surface area contributed by atoms with E-state index < -0.39 is 231 Å². The second-order valence-electron chi connectivity index (χ2n) is 29.2. The van der Waals surface area contributed by atoms with E-state index in [2.05, 4.69) is 42.5 Å². The number of carboxylic acid groups (broad SMARTS) is 1. The van der Waals surface area contributed by atoms with E-state index in [1.807, 2.05) is 50.2 Å². The number of carbonyl (C=O) groups excluding carboxylic acids is 7. The van der Waals surface area contributed by atoms with Crippen LogP contribution in [-0.2, 0) is 59.1 Å². The molecule has 7 aromatic carbocycles. The van der Waals surface area contributed by atoms with E-state index in [-0.39, 0.29) is 58.5 Å². The molecule has 7 aliphatic heterocycles. The number of aromatic hydroxyl groups is 3. The van der Waals surface area contributed by atoms with Gasteiger partial charge in [0.25, 0.3) is 0 Å². The number of carbonyl (C=O) groups is 8. The Balaban J connectivity index is 1.07. The molecular weight excluding hydrogens is 1570 g/mol. The van der Waals surface area contributed by atoms with Gasteiger partial charge in [-0.1, -0.05) is 103 Å². The van der Waals surface area contributed by atoms with Crippen molar-refractivity contribution in [3.05, 3.63) is 176 Å². The maximum absolute atomic E-state index is 16.3. The number of phenolic OH excluding ortho intramolecular Hbond substituents is 3. The number of benzene rings is 7. The van der Waals surface area contributed by atoms with Crippen molar-refractivity contribution < 1.29 is 118 Å². The fraction of sp³-hybridized carbons (Fsp3) is 0.367. The number of fused-ring (bicyclic) bond motifs is 15. The number of carboxylic acids is 1. The molecule has 0 aliphatic carbocycles. The standard InChI is InChI=1S/C79H84Cl3N9O24/c1-32(2)20-47(84-5)71(102)90-62-64(97)38-13-18-51(45(81)22-38)111-53-24-40-25-54(69(53)115-78-67(100)66(99)65(98)55(31-92)113-78)112-52-19-14-39(23-46(52)82)68(114-57-29-79(4,70(101)33(3)110-57)85-30-34-6-8-35(9-7-34)36-10-15-41(80)16-11-36)63-76(107)89-61(77(108)109)44-26-42(93)27-50(95)58(44)43-21-37(12-17-49(43)94)59(73(104)91-63)88-74(105)60(40)87-72(103)48(28-56(83)96)86-75(62)106/h6-19,21-27,32-33,47-48,55,57,59-68,70,78,84-85,92-95,97-101H,20,28-31H2,1-5H3,(H2,83,96)(H,86,106)(H,87,103)(H,88,105)(H,89,107)(H,90,102)(H,91,104)(H,108,109)/t33-,47+,48-,55+,57-,59?,60+,61+,62+,63?,64+,65+,66-,67+,68+,70-,78-,79-/m0/s1. The first-order valence-electron chi connectivity index (χ1n) is 36.4. The van der Waals surface area contributed by atoms with Crippen molar-refractivity contribution in [2.75, 3.05) is 13.7 Å². The molecule has 2 unspecified atom stereocenters. The molecule has 33 nitrogen and oxygen atoms in total. The largest absolute Gasteiger partial charge is 0.508 e. The first-order valence-corrected chi connectivity index (χ1v) is 37.5. The lowest BCUT2D eigenvalue weighted by Gasteiger charge is -2.47. The molecule has 18 atom stereocenters. The molecule has 14 rings (SSSR count). The van der Waals surface area contributed by atoms with E-state index in [1.165, 1.54) is 44.3 Å². The second kappa shape index (κ2) is 34.9. The fourth-order valence-corrected chi connectivity index (χ4v) is 15.0. The summed E-state index contributed by atoms with van der Waals surface area (Å²) in [5, 5.41) is 136. The summed E-state index contributed by atoms with van der Waals surface area (Å²) in [6, 6.07) is 14.5. The Bertz CT molecular complexity index is 4890. The summed E-state index contributed by atoms with van der Waals surface area (Å²) in [5.74, 6) is -16.0. The highest BCUT2D eigenvalue weighted by molar-refractivity contribution is 6.32. The van der Waals surface area contributed by atoms with Crippen LogP contribution >= 0.6 is 34.8 Å². The normalized spacial score (nSPS) is 27.2. The van der Waals surface area contributed by atoms with Crippen molar-refractivity contribution in [3.63, 3.8) is 0 Å². The lowest BCUT2D eigenvalue weighted by Crippen LogP contribution is -2.63. The highest BCUT2D eigenvalue weighted by Gasteiger charge is 2.50. The summed E-state index contributed by atoms with van der Waals surface area (Å²) >= 11 is 20.6. The van der Waals surface area contributed by atoms with E-state index in [1.54, 1.807) is 19.1 Å². The molecule has 0 radical (unpaired) electrons. The van der Waals surface area contributed by atoms with Crippen LogP contribution in [0.1, 0.15) is 111 Å². The predicted octanol–water partition coefficient (Wildman–Crippen LogP) is 4.26. The number of primary amides is 1. The van der Waals surface area contributed by atoms with Gasteiger partial charge in [-0.25, -0.2) is 4.79 Å². The first kappa shape index (κ1) is 83.9. The molecule has 0 saturated carbocycles. The molecule has 115 heavy (non-hydrogen) atoms. The third-order valence-electron chi connectivity index (χ3n) is 20.5. The van der Waals surface area contributed by atoms with Crippen LogP contribution in [0.15, 0.2) is 127 Å². The molecule has 7 aliphatic rings. The van der Waals surface area contributed by atoms with E-state index >= 15 is 19.2 Å². The van der Waals surface area contributed by atoms with Gasteiger partial charge in [0.2, 0.25) is 53.4 Å². The van der Waals surface area contributed by atoms with Gasteiger partial charge in [-0.05, 0) is 139 Å². The quantitative estimate of drug-likeness (QED) is 0.0605. The van der Waals surface area contributed by atoms with Gasteiger partial charge in [-0.3, -0.25) is 33.6 Å². The Labute approximate surface area is 671 Å². The molecule has 0 spiro atoms. The van der Waals surface area contributed by atoms with E-state index in [0.29, 0.717) is 5.02 Å².